The van der Waals surface area contributed by atoms with Crippen LogP contribution in [0.5, 0.6) is 0 Å². The van der Waals surface area contributed by atoms with Crippen molar-refractivity contribution in [2.45, 2.75) is 44.2 Å². The topological polar surface area (TPSA) is 61.6 Å². The van der Waals surface area contributed by atoms with Gasteiger partial charge in [0.1, 0.15) is 5.02 Å². The first kappa shape index (κ1) is 14.2. The molecule has 4 nitrogen and oxygen atoms in total. The van der Waals surface area contributed by atoms with E-state index in [1.807, 2.05) is 6.07 Å². The van der Waals surface area contributed by atoms with Crippen LogP contribution in [0.4, 0.5) is 0 Å². The molecule has 0 spiro atoms. The smallest absolute Gasteiger partial charge is 0.285 e. The third-order valence-corrected chi connectivity index (χ3v) is 3.75. The van der Waals surface area contributed by atoms with E-state index in [2.05, 4.69) is 25.9 Å². The van der Waals surface area contributed by atoms with Gasteiger partial charge in [-0.1, -0.05) is 32.4 Å². The molecule has 1 N–H and O–H groups in total. The van der Waals surface area contributed by atoms with Crippen molar-refractivity contribution >= 4 is 23.4 Å². The fourth-order valence-electron chi connectivity index (χ4n) is 1.21. The highest BCUT2D eigenvalue weighted by Crippen LogP contribution is 2.28. The van der Waals surface area contributed by atoms with Crippen molar-refractivity contribution in [3.05, 3.63) is 21.1 Å². The summed E-state index contributed by atoms with van der Waals surface area (Å²) in [6, 6.07) is 2.00. The van der Waals surface area contributed by atoms with Gasteiger partial charge in [0.2, 0.25) is 0 Å². The van der Waals surface area contributed by atoms with Crippen LogP contribution in [0.3, 0.4) is 0 Å². The SMILES string of the molecule is CC(C)(C)SCc1[nH]n(CCC#N)c(=O)c1Cl. The Kier molecular flexibility index (Phi) is 4.72. The molecule has 94 valence electrons. The maximum absolute atomic E-state index is 11.7. The fraction of sp³-hybridized carbons (Fsp3) is 0.636. The maximum Gasteiger partial charge on any atom is 0.285 e. The van der Waals surface area contributed by atoms with Crippen LogP contribution in [-0.2, 0) is 12.3 Å². The van der Waals surface area contributed by atoms with Crippen LogP contribution in [0.15, 0.2) is 4.79 Å². The Balaban J connectivity index is 2.81. The Morgan fingerprint density at radius 3 is 2.71 bits per heavy atom. The van der Waals surface area contributed by atoms with Crippen molar-refractivity contribution < 1.29 is 0 Å². The van der Waals surface area contributed by atoms with Crippen molar-refractivity contribution in [2.24, 2.45) is 0 Å². The number of thioether (sulfide) groups is 1. The summed E-state index contributed by atoms with van der Waals surface area (Å²) in [5.41, 5.74) is 0.487. The summed E-state index contributed by atoms with van der Waals surface area (Å²) in [4.78, 5) is 11.7. The molecule has 0 fully saturated rings. The van der Waals surface area contributed by atoms with Crippen LogP contribution in [0.1, 0.15) is 32.9 Å². The molecular weight excluding hydrogens is 258 g/mol. The van der Waals surface area contributed by atoms with E-state index in [4.69, 9.17) is 16.9 Å². The number of aromatic nitrogens is 2. The van der Waals surface area contributed by atoms with Crippen molar-refractivity contribution in [3.8, 4) is 6.07 Å². The minimum absolute atomic E-state index is 0.120. The van der Waals surface area contributed by atoms with Crippen LogP contribution in [-0.4, -0.2) is 14.5 Å². The molecule has 0 saturated carbocycles. The van der Waals surface area contributed by atoms with Crippen LogP contribution in [0.2, 0.25) is 5.02 Å². The van der Waals surface area contributed by atoms with Gasteiger partial charge in [0.25, 0.3) is 5.56 Å². The third kappa shape index (κ3) is 4.14. The summed E-state index contributed by atoms with van der Waals surface area (Å²) in [7, 11) is 0. The molecule has 1 heterocycles. The first-order valence-electron chi connectivity index (χ1n) is 5.33. The Morgan fingerprint density at radius 1 is 1.53 bits per heavy atom. The summed E-state index contributed by atoms with van der Waals surface area (Å²) in [6.45, 7) is 6.68. The molecule has 0 saturated heterocycles. The number of H-pyrrole nitrogens is 1. The number of nitriles is 1. The van der Waals surface area contributed by atoms with E-state index in [9.17, 15) is 4.79 Å². The summed E-state index contributed by atoms with van der Waals surface area (Å²) in [5, 5.41) is 11.7. The van der Waals surface area contributed by atoms with E-state index in [0.717, 1.165) is 5.69 Å². The number of aryl methyl sites for hydroxylation is 1. The van der Waals surface area contributed by atoms with Crippen molar-refractivity contribution in [1.29, 1.82) is 5.26 Å². The Bertz CT molecular complexity index is 478. The number of nitrogens with one attached hydrogen (secondary N) is 1. The van der Waals surface area contributed by atoms with Gasteiger partial charge in [-0.05, 0) is 0 Å². The first-order valence-corrected chi connectivity index (χ1v) is 6.69. The molecule has 6 heteroatoms. The van der Waals surface area contributed by atoms with Crippen LogP contribution >= 0.6 is 23.4 Å². The van der Waals surface area contributed by atoms with E-state index < -0.39 is 0 Å². The number of hydrogen-bond donors (Lipinski definition) is 1. The lowest BCUT2D eigenvalue weighted by atomic mass is 10.3. The lowest BCUT2D eigenvalue weighted by Crippen LogP contribution is -2.16. The number of aromatic amines is 1. The Hall–Kier alpha value is -0.860. The highest BCUT2D eigenvalue weighted by molar-refractivity contribution is 7.99. The van der Waals surface area contributed by atoms with Gasteiger partial charge in [-0.3, -0.25) is 14.6 Å². The molecule has 0 bridgehead atoms. The highest BCUT2D eigenvalue weighted by atomic mass is 35.5. The number of rotatable bonds is 4. The normalized spacial score (nSPS) is 11.5. The van der Waals surface area contributed by atoms with Crippen LogP contribution in [0.25, 0.3) is 0 Å². The largest absolute Gasteiger partial charge is 0.297 e. The average molecular weight is 274 g/mol. The summed E-state index contributed by atoms with van der Waals surface area (Å²) >= 11 is 7.67. The van der Waals surface area contributed by atoms with Crippen LogP contribution < -0.4 is 5.56 Å². The van der Waals surface area contributed by atoms with Gasteiger partial charge in [-0.15, -0.1) is 11.8 Å². The molecule has 0 aliphatic heterocycles. The molecule has 1 aromatic heterocycles. The second-order valence-corrected chi connectivity index (χ2v) is 6.85. The van der Waals surface area contributed by atoms with E-state index in [-0.39, 0.29) is 15.3 Å². The minimum Gasteiger partial charge on any atom is -0.297 e. The standard InChI is InChI=1S/C11H16ClN3OS/c1-11(2,3)17-7-8-9(12)10(16)15(14-8)6-4-5-13/h14H,4,6-7H2,1-3H3. The Labute approximate surface area is 110 Å². The quantitative estimate of drug-likeness (QED) is 0.918. The first-order chi connectivity index (χ1) is 7.85. The molecule has 1 aromatic rings. The molecule has 0 radical (unpaired) electrons. The number of halogens is 1. The average Bonchev–Trinajstić information content (AvgIpc) is 2.50. The molecular formula is C11H16ClN3OS. The zero-order valence-corrected chi connectivity index (χ0v) is 11.8. The van der Waals surface area contributed by atoms with Gasteiger partial charge in [-0.25, -0.2) is 0 Å². The number of nitrogens with zero attached hydrogens (tertiary/aromatic N) is 2. The molecule has 1 rings (SSSR count). The van der Waals surface area contributed by atoms with Gasteiger partial charge in [0.15, 0.2) is 0 Å². The maximum atomic E-state index is 11.7. The van der Waals surface area contributed by atoms with E-state index in [1.54, 1.807) is 11.8 Å². The molecule has 0 aliphatic carbocycles. The molecule has 0 unspecified atom stereocenters. The molecule has 0 aliphatic rings. The highest BCUT2D eigenvalue weighted by Gasteiger charge is 2.16. The van der Waals surface area contributed by atoms with E-state index in [0.29, 0.717) is 18.7 Å². The predicted octanol–water partition coefficient (Wildman–Crippen LogP) is 2.78. The lowest BCUT2D eigenvalue weighted by molar-refractivity contribution is 0.603. The molecule has 0 amide bonds. The van der Waals surface area contributed by atoms with Crippen molar-refractivity contribution in [1.82, 2.24) is 9.78 Å². The monoisotopic (exact) mass is 273 g/mol. The molecule has 0 aromatic carbocycles. The second kappa shape index (κ2) is 5.65. The number of hydrogen-bond acceptors (Lipinski definition) is 3. The van der Waals surface area contributed by atoms with Crippen molar-refractivity contribution in [2.75, 3.05) is 0 Å². The van der Waals surface area contributed by atoms with Gasteiger partial charge < -0.3 is 0 Å². The molecule has 0 atom stereocenters. The van der Waals surface area contributed by atoms with Gasteiger partial charge in [0.05, 0.1) is 24.7 Å². The zero-order chi connectivity index (χ0) is 13.1. The summed E-state index contributed by atoms with van der Waals surface area (Å²) < 4.78 is 1.51. The van der Waals surface area contributed by atoms with Crippen molar-refractivity contribution in [3.63, 3.8) is 0 Å². The summed E-state index contributed by atoms with van der Waals surface area (Å²) in [5.74, 6) is 0.664. The zero-order valence-electron chi connectivity index (χ0n) is 10.2. The van der Waals surface area contributed by atoms with E-state index in [1.165, 1.54) is 4.68 Å². The third-order valence-electron chi connectivity index (χ3n) is 2.06. The second-order valence-electron chi connectivity index (χ2n) is 4.67. The van der Waals surface area contributed by atoms with Gasteiger partial charge in [-0.2, -0.15) is 5.26 Å². The lowest BCUT2D eigenvalue weighted by Gasteiger charge is -2.16. The summed E-state index contributed by atoms with van der Waals surface area (Å²) in [6.07, 6.45) is 0.294. The van der Waals surface area contributed by atoms with Gasteiger partial charge >= 0.3 is 0 Å². The van der Waals surface area contributed by atoms with Gasteiger partial charge in [0, 0.05) is 10.5 Å². The predicted molar refractivity (Wildman–Crippen MR) is 71.3 cm³/mol. The van der Waals surface area contributed by atoms with Crippen LogP contribution in [0, 0.1) is 11.3 Å². The Morgan fingerprint density at radius 2 is 2.18 bits per heavy atom. The minimum atomic E-state index is -0.244. The van der Waals surface area contributed by atoms with E-state index >= 15 is 0 Å². The molecule has 17 heavy (non-hydrogen) atoms. The fourth-order valence-corrected chi connectivity index (χ4v) is 2.29.